The number of aromatic nitrogens is 2. The first-order valence-electron chi connectivity index (χ1n) is 9.95. The molecular weight excluding hydrogens is 439 g/mol. The molecule has 0 bridgehead atoms. The van der Waals surface area contributed by atoms with Crippen molar-refractivity contribution in [3.63, 3.8) is 0 Å². The van der Waals surface area contributed by atoms with Gasteiger partial charge in [0.15, 0.2) is 6.61 Å². The summed E-state index contributed by atoms with van der Waals surface area (Å²) in [4.78, 5) is 25.6. The van der Waals surface area contributed by atoms with Gasteiger partial charge >= 0.3 is 5.97 Å². The number of aryl methyl sites for hydroxylation is 2. The Morgan fingerprint density at radius 2 is 2.00 bits per heavy atom. The van der Waals surface area contributed by atoms with Crippen LogP contribution in [-0.2, 0) is 9.47 Å². The average molecular weight is 463 g/mol. The van der Waals surface area contributed by atoms with Gasteiger partial charge in [-0.3, -0.25) is 4.79 Å². The molecule has 0 spiro atoms. The molecule has 0 aliphatic heterocycles. The highest BCUT2D eigenvalue weighted by Crippen LogP contribution is 2.33. The van der Waals surface area contributed by atoms with E-state index in [1.165, 1.54) is 25.1 Å². The van der Waals surface area contributed by atoms with Crippen molar-refractivity contribution in [2.45, 2.75) is 33.7 Å². The maximum atomic E-state index is 14.3. The number of hydrogen-bond acceptors (Lipinski definition) is 6. The van der Waals surface area contributed by atoms with Gasteiger partial charge in [-0.2, -0.15) is 0 Å². The van der Waals surface area contributed by atoms with E-state index >= 15 is 0 Å². The Bertz CT molecular complexity index is 1150. The van der Waals surface area contributed by atoms with E-state index in [1.807, 2.05) is 25.3 Å². The predicted octanol–water partition coefficient (Wildman–Crippen LogP) is 5.11. The maximum Gasteiger partial charge on any atom is 0.344 e. The molecule has 0 N–H and O–H groups in total. The maximum absolute atomic E-state index is 14.3. The predicted molar refractivity (Wildman–Crippen MR) is 117 cm³/mol. The van der Waals surface area contributed by atoms with Gasteiger partial charge < -0.3 is 18.6 Å². The van der Waals surface area contributed by atoms with Crippen LogP contribution >= 0.6 is 11.6 Å². The Labute approximate surface area is 190 Å². The molecule has 3 rings (SSSR count). The molecule has 0 radical (unpaired) electrons. The van der Waals surface area contributed by atoms with Crippen molar-refractivity contribution >= 4 is 23.4 Å². The van der Waals surface area contributed by atoms with Gasteiger partial charge in [0.1, 0.15) is 22.8 Å². The van der Waals surface area contributed by atoms with Crippen LogP contribution in [0.4, 0.5) is 4.39 Å². The molecule has 32 heavy (non-hydrogen) atoms. The van der Waals surface area contributed by atoms with Gasteiger partial charge in [0.25, 0.3) is 0 Å². The van der Waals surface area contributed by atoms with E-state index in [4.69, 9.17) is 25.6 Å². The van der Waals surface area contributed by atoms with Crippen LogP contribution in [0.25, 0.3) is 11.3 Å². The molecular formula is C23H24ClFN2O5. The van der Waals surface area contributed by atoms with E-state index in [9.17, 15) is 14.0 Å². The molecule has 0 saturated heterocycles. The summed E-state index contributed by atoms with van der Waals surface area (Å²) in [5.74, 6) is -1.74. The van der Waals surface area contributed by atoms with Gasteiger partial charge in [-0.1, -0.05) is 22.8 Å². The zero-order chi connectivity index (χ0) is 23.6. The first-order chi connectivity index (χ1) is 15.2. The third-order valence-electron chi connectivity index (χ3n) is 5.23. The Hall–Kier alpha value is -2.97. The van der Waals surface area contributed by atoms with Crippen molar-refractivity contribution in [1.82, 2.24) is 9.72 Å². The number of carbonyl (C=O) groups is 2. The lowest BCUT2D eigenvalue weighted by Gasteiger charge is -2.17. The molecule has 170 valence electrons. The fourth-order valence-corrected chi connectivity index (χ4v) is 4.09. The van der Waals surface area contributed by atoms with Crippen molar-refractivity contribution in [3.05, 3.63) is 63.4 Å². The Kier molecular flexibility index (Phi) is 7.16. The van der Waals surface area contributed by atoms with E-state index < -0.39 is 18.4 Å². The molecule has 0 fully saturated rings. The van der Waals surface area contributed by atoms with Gasteiger partial charge in [0, 0.05) is 24.1 Å². The van der Waals surface area contributed by atoms with Crippen LogP contribution in [-0.4, -0.2) is 41.8 Å². The van der Waals surface area contributed by atoms with E-state index in [2.05, 4.69) is 5.16 Å². The topological polar surface area (TPSA) is 83.6 Å². The molecule has 2 aromatic heterocycles. The van der Waals surface area contributed by atoms with Crippen LogP contribution in [0.3, 0.4) is 0 Å². The molecule has 1 aromatic carbocycles. The number of rotatable bonds is 8. The summed E-state index contributed by atoms with van der Waals surface area (Å²) in [5.41, 5.74) is 1.89. The largest absolute Gasteiger partial charge is 0.454 e. The van der Waals surface area contributed by atoms with Crippen LogP contribution in [0.2, 0.25) is 5.02 Å². The van der Waals surface area contributed by atoms with Crippen molar-refractivity contribution in [3.8, 4) is 11.3 Å². The quantitative estimate of drug-likeness (QED) is 0.342. The monoisotopic (exact) mass is 462 g/mol. The van der Waals surface area contributed by atoms with Gasteiger partial charge in [0.2, 0.25) is 5.78 Å². The zero-order valence-electron chi connectivity index (χ0n) is 18.5. The third kappa shape index (κ3) is 4.47. The molecule has 0 aliphatic carbocycles. The lowest BCUT2D eigenvalue weighted by atomic mass is 10.1. The van der Waals surface area contributed by atoms with Gasteiger partial charge in [0.05, 0.1) is 23.2 Å². The van der Waals surface area contributed by atoms with Crippen LogP contribution < -0.4 is 0 Å². The molecule has 1 atom stereocenters. The minimum atomic E-state index is -0.854. The summed E-state index contributed by atoms with van der Waals surface area (Å²) in [5, 5.41) is 3.85. The number of carbonyl (C=O) groups excluding carboxylic acids is 2. The molecule has 2 heterocycles. The number of benzene rings is 1. The van der Waals surface area contributed by atoms with Gasteiger partial charge in [-0.15, -0.1) is 0 Å². The highest BCUT2D eigenvalue weighted by Gasteiger charge is 2.27. The number of esters is 1. The Morgan fingerprint density at radius 3 is 2.66 bits per heavy atom. The Balaban J connectivity index is 1.82. The van der Waals surface area contributed by atoms with Crippen LogP contribution in [0.1, 0.15) is 50.8 Å². The van der Waals surface area contributed by atoms with Crippen LogP contribution in [0, 0.1) is 26.6 Å². The average Bonchev–Trinajstić information content (AvgIpc) is 3.25. The second-order valence-corrected chi connectivity index (χ2v) is 7.92. The molecule has 0 aliphatic rings. The standard InChI is InChI=1S/C23H24ClFN2O5/c1-12-9-16(14(3)27(12)13(2)10-30-5)19(28)11-31-23(29)20-15(4)32-26-22(20)21-17(24)7-6-8-18(21)25/h6-9,13H,10-11H2,1-5H3. The molecule has 0 amide bonds. The van der Waals surface area contributed by atoms with Crippen molar-refractivity contribution in [1.29, 1.82) is 0 Å². The van der Waals surface area contributed by atoms with E-state index in [-0.39, 0.29) is 39.4 Å². The number of halogens is 2. The smallest absolute Gasteiger partial charge is 0.344 e. The fourth-order valence-electron chi connectivity index (χ4n) is 3.84. The minimum absolute atomic E-state index is 0.0387. The second-order valence-electron chi connectivity index (χ2n) is 7.52. The lowest BCUT2D eigenvalue weighted by molar-refractivity contribution is 0.0473. The van der Waals surface area contributed by atoms with Crippen molar-refractivity contribution < 1.29 is 28.0 Å². The first-order valence-corrected chi connectivity index (χ1v) is 10.3. The van der Waals surface area contributed by atoms with E-state index in [0.717, 1.165) is 11.4 Å². The summed E-state index contributed by atoms with van der Waals surface area (Å²) >= 11 is 6.10. The highest BCUT2D eigenvalue weighted by molar-refractivity contribution is 6.33. The number of hydrogen-bond donors (Lipinski definition) is 0. The summed E-state index contributed by atoms with van der Waals surface area (Å²) in [7, 11) is 1.62. The van der Waals surface area contributed by atoms with Crippen LogP contribution in [0.15, 0.2) is 28.8 Å². The molecule has 3 aromatic rings. The Morgan fingerprint density at radius 1 is 1.28 bits per heavy atom. The zero-order valence-corrected chi connectivity index (χ0v) is 19.2. The number of Topliss-reactive ketones (excluding diaryl/α,β-unsaturated/α-hetero) is 1. The lowest BCUT2D eigenvalue weighted by Crippen LogP contribution is -2.17. The number of ketones is 1. The summed E-state index contributed by atoms with van der Waals surface area (Å²) in [6, 6.07) is 5.91. The first kappa shape index (κ1) is 23.7. The summed E-state index contributed by atoms with van der Waals surface area (Å²) < 4.78 is 31.9. The molecule has 0 saturated carbocycles. The molecule has 1 unspecified atom stereocenters. The van der Waals surface area contributed by atoms with Gasteiger partial charge in [-0.25, -0.2) is 9.18 Å². The van der Waals surface area contributed by atoms with Crippen molar-refractivity contribution in [2.75, 3.05) is 20.3 Å². The normalized spacial score (nSPS) is 12.1. The van der Waals surface area contributed by atoms with E-state index in [1.54, 1.807) is 13.2 Å². The number of nitrogens with zero attached hydrogens (tertiary/aromatic N) is 2. The van der Waals surface area contributed by atoms with Gasteiger partial charge in [-0.05, 0) is 45.9 Å². The summed E-state index contributed by atoms with van der Waals surface area (Å²) in [6.07, 6.45) is 0. The molecule has 7 nitrogen and oxygen atoms in total. The number of methoxy groups -OCH3 is 1. The van der Waals surface area contributed by atoms with Crippen LogP contribution in [0.5, 0.6) is 0 Å². The SMILES string of the molecule is COCC(C)n1c(C)cc(C(=O)COC(=O)c2c(-c3c(F)cccc3Cl)noc2C)c1C. The minimum Gasteiger partial charge on any atom is -0.454 e. The highest BCUT2D eigenvalue weighted by atomic mass is 35.5. The second kappa shape index (κ2) is 9.67. The molecule has 9 heteroatoms. The number of ether oxygens (including phenoxy) is 2. The fraction of sp³-hybridized carbons (Fsp3) is 0.348. The third-order valence-corrected chi connectivity index (χ3v) is 5.55. The summed E-state index contributed by atoms with van der Waals surface area (Å²) in [6.45, 7) is 7.21. The van der Waals surface area contributed by atoms with Crippen molar-refractivity contribution in [2.24, 2.45) is 0 Å². The van der Waals surface area contributed by atoms with E-state index in [0.29, 0.717) is 12.2 Å².